The lowest BCUT2D eigenvalue weighted by Gasteiger charge is -2.33. The van der Waals surface area contributed by atoms with Gasteiger partial charge in [0.2, 0.25) is 0 Å². The van der Waals surface area contributed by atoms with Crippen molar-refractivity contribution in [2.45, 2.75) is 31.9 Å². The molecule has 25 heavy (non-hydrogen) atoms. The Kier molecular flexibility index (Phi) is 5.45. The number of benzene rings is 1. The third-order valence-electron chi connectivity index (χ3n) is 4.42. The maximum absolute atomic E-state index is 13.3. The van der Waals surface area contributed by atoms with Crippen molar-refractivity contribution in [3.63, 3.8) is 0 Å². The average molecular weight is 346 g/mol. The van der Waals surface area contributed by atoms with Gasteiger partial charge in [-0.05, 0) is 38.0 Å². The summed E-state index contributed by atoms with van der Waals surface area (Å²) in [4.78, 5) is 14.5. The highest BCUT2D eigenvalue weighted by Gasteiger charge is 2.23. The van der Waals surface area contributed by atoms with Crippen LogP contribution in [0.5, 0.6) is 0 Å². The quantitative estimate of drug-likeness (QED) is 0.871. The smallest absolute Gasteiger partial charge is 0.256 e. The van der Waals surface area contributed by atoms with E-state index in [4.69, 9.17) is 0 Å². The van der Waals surface area contributed by atoms with E-state index in [2.05, 4.69) is 15.3 Å². The Morgan fingerprint density at radius 2 is 2.16 bits per heavy atom. The lowest BCUT2D eigenvalue weighted by atomic mass is 10.0. The van der Waals surface area contributed by atoms with Crippen molar-refractivity contribution < 1.29 is 14.3 Å². The maximum atomic E-state index is 13.3. The summed E-state index contributed by atoms with van der Waals surface area (Å²) >= 11 is 0. The minimum Gasteiger partial charge on any atom is -0.392 e. The van der Waals surface area contributed by atoms with Crippen LogP contribution in [0.3, 0.4) is 0 Å². The second-order valence-corrected chi connectivity index (χ2v) is 6.51. The Morgan fingerprint density at radius 1 is 1.40 bits per heavy atom. The largest absolute Gasteiger partial charge is 0.392 e. The molecule has 0 spiro atoms. The predicted molar refractivity (Wildman–Crippen MR) is 93.0 cm³/mol. The molecule has 1 fully saturated rings. The van der Waals surface area contributed by atoms with Crippen LogP contribution in [0.15, 0.2) is 36.5 Å². The second-order valence-electron chi connectivity index (χ2n) is 6.51. The summed E-state index contributed by atoms with van der Waals surface area (Å²) < 4.78 is 15.1. The molecule has 1 aliphatic heterocycles. The molecule has 1 aromatic carbocycles. The van der Waals surface area contributed by atoms with Crippen LogP contribution in [-0.2, 0) is 0 Å². The Morgan fingerprint density at radius 3 is 2.84 bits per heavy atom. The molecule has 1 amide bonds. The molecule has 1 aromatic heterocycles. The zero-order valence-electron chi connectivity index (χ0n) is 14.2. The van der Waals surface area contributed by atoms with Gasteiger partial charge >= 0.3 is 0 Å². The van der Waals surface area contributed by atoms with Crippen molar-refractivity contribution in [2.24, 2.45) is 0 Å². The zero-order chi connectivity index (χ0) is 17.8. The number of anilines is 1. The lowest BCUT2D eigenvalue weighted by Crippen LogP contribution is -2.39. The minimum absolute atomic E-state index is 0.197. The SMILES string of the molecule is C[C@@H](O)CN1CCC(n2nccc2NC(=O)c2cccc(F)c2)CC1. The van der Waals surface area contributed by atoms with E-state index in [1.54, 1.807) is 25.3 Å². The number of hydrogen-bond acceptors (Lipinski definition) is 4. The molecule has 6 nitrogen and oxygen atoms in total. The van der Waals surface area contributed by atoms with Gasteiger partial charge in [0, 0.05) is 31.3 Å². The fraction of sp³-hybridized carbons (Fsp3) is 0.444. The van der Waals surface area contributed by atoms with Crippen molar-refractivity contribution in [1.29, 1.82) is 0 Å². The number of aromatic nitrogens is 2. The van der Waals surface area contributed by atoms with Crippen LogP contribution in [-0.4, -0.2) is 51.4 Å². The van der Waals surface area contributed by atoms with Gasteiger partial charge in [0.1, 0.15) is 11.6 Å². The van der Waals surface area contributed by atoms with Crippen LogP contribution in [0.25, 0.3) is 0 Å². The monoisotopic (exact) mass is 346 g/mol. The first kappa shape index (κ1) is 17.6. The molecule has 3 rings (SSSR count). The Balaban J connectivity index is 1.64. The molecule has 7 heteroatoms. The minimum atomic E-state index is -0.438. The number of β-amino-alcohol motifs (C(OH)–C–C–N with tert-alkyl or cyclic N) is 1. The van der Waals surface area contributed by atoms with Crippen LogP contribution in [0.2, 0.25) is 0 Å². The molecular formula is C18H23FN4O2. The Hall–Kier alpha value is -2.25. The summed E-state index contributed by atoms with van der Waals surface area (Å²) in [6.45, 7) is 4.23. The number of nitrogens with zero attached hydrogens (tertiary/aromatic N) is 3. The van der Waals surface area contributed by atoms with E-state index < -0.39 is 5.82 Å². The molecule has 0 unspecified atom stereocenters. The van der Waals surface area contributed by atoms with Gasteiger partial charge in [0.05, 0.1) is 18.3 Å². The summed E-state index contributed by atoms with van der Waals surface area (Å²) in [5, 5.41) is 16.7. The fourth-order valence-corrected chi connectivity index (χ4v) is 3.24. The lowest BCUT2D eigenvalue weighted by molar-refractivity contribution is 0.0987. The van der Waals surface area contributed by atoms with E-state index in [9.17, 15) is 14.3 Å². The van der Waals surface area contributed by atoms with Crippen molar-refractivity contribution in [3.8, 4) is 0 Å². The summed E-state index contributed by atoms with van der Waals surface area (Å²) in [5.41, 5.74) is 0.277. The van der Waals surface area contributed by atoms with Gasteiger partial charge in [-0.3, -0.25) is 4.79 Å². The van der Waals surface area contributed by atoms with Crippen molar-refractivity contribution in [3.05, 3.63) is 47.9 Å². The third kappa shape index (κ3) is 4.43. The molecule has 0 aliphatic carbocycles. The summed E-state index contributed by atoms with van der Waals surface area (Å²) in [6.07, 6.45) is 3.13. The number of aliphatic hydroxyl groups is 1. The van der Waals surface area contributed by atoms with Crippen LogP contribution < -0.4 is 5.32 Å². The van der Waals surface area contributed by atoms with Crippen LogP contribution in [0.4, 0.5) is 10.2 Å². The van der Waals surface area contributed by atoms with E-state index in [1.807, 2.05) is 4.68 Å². The molecule has 2 N–H and O–H groups in total. The highest BCUT2D eigenvalue weighted by molar-refractivity contribution is 6.03. The highest BCUT2D eigenvalue weighted by atomic mass is 19.1. The molecule has 2 aromatic rings. The molecule has 1 saturated heterocycles. The average Bonchev–Trinajstić information content (AvgIpc) is 3.03. The number of amides is 1. The summed E-state index contributed by atoms with van der Waals surface area (Å²) in [6, 6.07) is 7.56. The predicted octanol–water partition coefficient (Wildman–Crippen LogP) is 2.29. The molecule has 1 atom stereocenters. The topological polar surface area (TPSA) is 70.4 Å². The maximum Gasteiger partial charge on any atom is 0.256 e. The van der Waals surface area contributed by atoms with Crippen LogP contribution >= 0.6 is 0 Å². The number of likely N-dealkylation sites (tertiary alicyclic amines) is 1. The van der Waals surface area contributed by atoms with Gasteiger partial charge in [-0.1, -0.05) is 6.07 Å². The first-order valence-corrected chi connectivity index (χ1v) is 8.54. The number of nitrogens with one attached hydrogen (secondary N) is 1. The van der Waals surface area contributed by atoms with Crippen molar-refractivity contribution in [1.82, 2.24) is 14.7 Å². The number of halogens is 1. The van der Waals surface area contributed by atoms with Gasteiger partial charge < -0.3 is 15.3 Å². The molecule has 1 aliphatic rings. The molecule has 0 saturated carbocycles. The van der Waals surface area contributed by atoms with Gasteiger partial charge in [-0.15, -0.1) is 0 Å². The molecular weight excluding hydrogens is 323 g/mol. The third-order valence-corrected chi connectivity index (χ3v) is 4.42. The number of hydrogen-bond donors (Lipinski definition) is 2. The standard InChI is InChI=1S/C18H23FN4O2/c1-13(24)12-22-9-6-16(7-10-22)23-17(5-8-20-23)21-18(25)14-3-2-4-15(19)11-14/h2-5,8,11,13,16,24H,6-7,9-10,12H2,1H3,(H,21,25)/t13-/m1/s1. The number of piperidine rings is 1. The summed E-state index contributed by atoms with van der Waals surface area (Å²) in [7, 11) is 0. The Labute approximate surface area is 146 Å². The first-order valence-electron chi connectivity index (χ1n) is 8.54. The van der Waals surface area contributed by atoms with Crippen molar-refractivity contribution in [2.75, 3.05) is 25.0 Å². The van der Waals surface area contributed by atoms with Gasteiger partial charge in [-0.25, -0.2) is 9.07 Å². The zero-order valence-corrected chi connectivity index (χ0v) is 14.2. The molecule has 0 bridgehead atoms. The van der Waals surface area contributed by atoms with E-state index in [-0.39, 0.29) is 23.6 Å². The Bertz CT molecular complexity index is 723. The molecule has 0 radical (unpaired) electrons. The number of carbonyl (C=O) groups is 1. The van der Waals surface area contributed by atoms with E-state index in [0.717, 1.165) is 25.9 Å². The van der Waals surface area contributed by atoms with Gasteiger partial charge in [-0.2, -0.15) is 5.10 Å². The van der Waals surface area contributed by atoms with Gasteiger partial charge in [0.15, 0.2) is 0 Å². The fourth-order valence-electron chi connectivity index (χ4n) is 3.24. The first-order chi connectivity index (χ1) is 12.0. The molecule has 134 valence electrons. The molecule has 2 heterocycles. The van der Waals surface area contributed by atoms with E-state index in [0.29, 0.717) is 12.4 Å². The normalized spacial score (nSPS) is 17.4. The van der Waals surface area contributed by atoms with Crippen LogP contribution in [0, 0.1) is 5.82 Å². The van der Waals surface area contributed by atoms with Crippen molar-refractivity contribution >= 4 is 11.7 Å². The number of rotatable bonds is 5. The van der Waals surface area contributed by atoms with E-state index in [1.165, 1.54) is 18.2 Å². The highest BCUT2D eigenvalue weighted by Crippen LogP contribution is 2.25. The number of carbonyl (C=O) groups excluding carboxylic acids is 1. The summed E-state index contributed by atoms with van der Waals surface area (Å²) in [5.74, 6) is -0.178. The van der Waals surface area contributed by atoms with E-state index >= 15 is 0 Å². The van der Waals surface area contributed by atoms with Crippen LogP contribution in [0.1, 0.15) is 36.2 Å². The van der Waals surface area contributed by atoms with Gasteiger partial charge in [0.25, 0.3) is 5.91 Å². The second kappa shape index (κ2) is 7.76. The number of aliphatic hydroxyl groups excluding tert-OH is 1.